The van der Waals surface area contributed by atoms with E-state index in [1.54, 1.807) is 54.6 Å². The van der Waals surface area contributed by atoms with Crippen LogP contribution in [0.25, 0.3) is 17.4 Å². The second kappa shape index (κ2) is 9.33. The summed E-state index contributed by atoms with van der Waals surface area (Å²) in [5, 5.41) is 12.9. The molecule has 1 N–H and O–H groups in total. The summed E-state index contributed by atoms with van der Waals surface area (Å²) >= 11 is 12.0. The van der Waals surface area contributed by atoms with Gasteiger partial charge >= 0.3 is 0 Å². The quantitative estimate of drug-likeness (QED) is 0.376. The van der Waals surface area contributed by atoms with Gasteiger partial charge in [-0.3, -0.25) is 4.79 Å². The van der Waals surface area contributed by atoms with Crippen LogP contribution in [0.4, 0.5) is 5.69 Å². The second-order valence-corrected chi connectivity index (χ2v) is 6.73. The van der Waals surface area contributed by atoms with Gasteiger partial charge in [0.2, 0.25) is 0 Å². The third kappa shape index (κ3) is 5.20. The van der Waals surface area contributed by atoms with Crippen LogP contribution in [0, 0.1) is 11.3 Å². The van der Waals surface area contributed by atoms with Crippen molar-refractivity contribution in [3.63, 3.8) is 0 Å². The first-order valence-electron chi connectivity index (χ1n) is 8.71. The summed E-state index contributed by atoms with van der Waals surface area (Å²) in [6.07, 6.45) is 1.38. The molecular formula is C22H16Cl2N2O3. The zero-order valence-corrected chi connectivity index (χ0v) is 16.9. The average Bonchev–Trinajstić information content (AvgIpc) is 3.18. The van der Waals surface area contributed by atoms with Gasteiger partial charge in [0, 0.05) is 17.3 Å². The van der Waals surface area contributed by atoms with Crippen LogP contribution in [-0.2, 0) is 4.79 Å². The van der Waals surface area contributed by atoms with Crippen molar-refractivity contribution in [3.8, 4) is 23.1 Å². The summed E-state index contributed by atoms with van der Waals surface area (Å²) in [6.45, 7) is 2.45. The van der Waals surface area contributed by atoms with Gasteiger partial charge in [0.05, 0.1) is 16.7 Å². The summed E-state index contributed by atoms with van der Waals surface area (Å²) in [6, 6.07) is 17.3. The van der Waals surface area contributed by atoms with Gasteiger partial charge in [-0.1, -0.05) is 23.2 Å². The van der Waals surface area contributed by atoms with Crippen molar-refractivity contribution in [3.05, 3.63) is 76.0 Å². The lowest BCUT2D eigenvalue weighted by atomic mass is 10.2. The van der Waals surface area contributed by atoms with Crippen molar-refractivity contribution >= 4 is 40.9 Å². The molecule has 0 bridgehead atoms. The molecule has 1 heterocycles. The number of halogens is 2. The maximum absolute atomic E-state index is 12.4. The Bertz CT molecular complexity index is 1100. The van der Waals surface area contributed by atoms with Crippen LogP contribution in [0.15, 0.2) is 64.6 Å². The minimum Gasteiger partial charge on any atom is -0.494 e. The molecule has 0 saturated heterocycles. The van der Waals surface area contributed by atoms with E-state index in [4.69, 9.17) is 32.4 Å². The molecule has 0 radical (unpaired) electrons. The molecule has 7 heteroatoms. The Kier molecular flexibility index (Phi) is 6.61. The van der Waals surface area contributed by atoms with Gasteiger partial charge in [-0.05, 0) is 61.5 Å². The zero-order chi connectivity index (χ0) is 20.8. The molecule has 3 aromatic rings. The molecule has 0 fully saturated rings. The number of nitrogens with one attached hydrogen (secondary N) is 1. The molecule has 146 valence electrons. The Balaban J connectivity index is 1.75. The number of benzene rings is 2. The number of ether oxygens (including phenoxy) is 1. The Morgan fingerprint density at radius 3 is 2.55 bits per heavy atom. The summed E-state index contributed by atoms with van der Waals surface area (Å²) in [5.41, 5.74) is 1.20. The number of hydrogen-bond acceptors (Lipinski definition) is 4. The molecule has 3 rings (SSSR count). The maximum atomic E-state index is 12.4. The molecule has 0 aliphatic carbocycles. The minimum atomic E-state index is -0.538. The fourth-order valence-electron chi connectivity index (χ4n) is 2.53. The molecule has 0 spiro atoms. The molecule has 0 atom stereocenters. The fraction of sp³-hybridized carbons (Fsp3) is 0.0909. The molecule has 0 unspecified atom stereocenters. The van der Waals surface area contributed by atoms with Crippen molar-refractivity contribution in [2.45, 2.75) is 6.92 Å². The van der Waals surface area contributed by atoms with Crippen LogP contribution in [0.3, 0.4) is 0 Å². The van der Waals surface area contributed by atoms with E-state index in [0.717, 1.165) is 5.56 Å². The third-order valence-electron chi connectivity index (χ3n) is 3.91. The number of carbonyl (C=O) groups excluding carboxylic acids is 1. The highest BCUT2D eigenvalue weighted by atomic mass is 35.5. The fourth-order valence-corrected chi connectivity index (χ4v) is 2.82. The lowest BCUT2D eigenvalue weighted by Gasteiger charge is -2.06. The van der Waals surface area contributed by atoms with Crippen molar-refractivity contribution in [2.24, 2.45) is 0 Å². The Morgan fingerprint density at radius 2 is 1.90 bits per heavy atom. The number of rotatable bonds is 6. The predicted octanol–water partition coefficient (Wildman–Crippen LogP) is 6.20. The summed E-state index contributed by atoms with van der Waals surface area (Å²) in [7, 11) is 0. The van der Waals surface area contributed by atoms with Crippen LogP contribution in [0.2, 0.25) is 10.0 Å². The van der Waals surface area contributed by atoms with E-state index < -0.39 is 5.91 Å². The largest absolute Gasteiger partial charge is 0.494 e. The highest BCUT2D eigenvalue weighted by Gasteiger charge is 2.12. The zero-order valence-electron chi connectivity index (χ0n) is 15.4. The molecule has 0 aliphatic rings. The first-order valence-corrected chi connectivity index (χ1v) is 9.47. The van der Waals surface area contributed by atoms with Gasteiger partial charge in [-0.25, -0.2) is 0 Å². The second-order valence-electron chi connectivity index (χ2n) is 5.91. The van der Waals surface area contributed by atoms with E-state index >= 15 is 0 Å². The van der Waals surface area contributed by atoms with Crippen LogP contribution in [-0.4, -0.2) is 12.5 Å². The maximum Gasteiger partial charge on any atom is 0.266 e. The first kappa shape index (κ1) is 20.5. The number of nitrogens with zero attached hydrogens (tertiary/aromatic N) is 1. The molecule has 0 aliphatic heterocycles. The molecule has 5 nitrogen and oxygen atoms in total. The van der Waals surface area contributed by atoms with E-state index in [-0.39, 0.29) is 5.57 Å². The first-order chi connectivity index (χ1) is 14.0. The summed E-state index contributed by atoms with van der Waals surface area (Å²) < 4.78 is 11.1. The molecule has 0 saturated carbocycles. The SMILES string of the molecule is CCOc1ccc(NC(=O)/C(C#N)=C/c2ccc(-c3ccc(Cl)c(Cl)c3)o2)cc1. The van der Waals surface area contributed by atoms with Crippen LogP contribution >= 0.6 is 23.2 Å². The van der Waals surface area contributed by atoms with E-state index in [1.807, 2.05) is 13.0 Å². The molecule has 1 amide bonds. The number of nitriles is 1. The van der Waals surface area contributed by atoms with Gasteiger partial charge in [0.15, 0.2) is 0 Å². The lowest BCUT2D eigenvalue weighted by Crippen LogP contribution is -2.13. The number of amides is 1. The highest BCUT2D eigenvalue weighted by molar-refractivity contribution is 6.42. The van der Waals surface area contributed by atoms with E-state index in [2.05, 4.69) is 5.32 Å². The predicted molar refractivity (Wildman–Crippen MR) is 114 cm³/mol. The van der Waals surface area contributed by atoms with Crippen LogP contribution in [0.1, 0.15) is 12.7 Å². The highest BCUT2D eigenvalue weighted by Crippen LogP contribution is 2.30. The monoisotopic (exact) mass is 426 g/mol. The van der Waals surface area contributed by atoms with Crippen molar-refractivity contribution in [1.29, 1.82) is 5.26 Å². The Labute approximate surface area is 178 Å². The summed E-state index contributed by atoms with van der Waals surface area (Å²) in [4.78, 5) is 12.4. The standard InChI is InChI=1S/C22H16Cl2N2O3/c1-2-28-17-6-4-16(5-7-17)26-22(27)15(13-25)11-18-8-10-21(29-18)14-3-9-19(23)20(24)12-14/h3-12H,2H2,1H3,(H,26,27)/b15-11+. The van der Waals surface area contributed by atoms with Crippen molar-refractivity contribution < 1.29 is 13.9 Å². The lowest BCUT2D eigenvalue weighted by molar-refractivity contribution is -0.112. The van der Waals surface area contributed by atoms with Gasteiger partial charge in [-0.2, -0.15) is 5.26 Å². The number of anilines is 1. The van der Waals surface area contributed by atoms with Gasteiger partial charge < -0.3 is 14.5 Å². The van der Waals surface area contributed by atoms with Gasteiger partial charge in [-0.15, -0.1) is 0 Å². The van der Waals surface area contributed by atoms with E-state index in [1.165, 1.54) is 6.08 Å². The Hall–Kier alpha value is -3.20. The normalized spacial score (nSPS) is 11.0. The minimum absolute atomic E-state index is 0.0890. The number of hydrogen-bond donors (Lipinski definition) is 1. The number of carbonyl (C=O) groups is 1. The topological polar surface area (TPSA) is 75.3 Å². The van der Waals surface area contributed by atoms with Crippen LogP contribution in [0.5, 0.6) is 5.75 Å². The molecule has 29 heavy (non-hydrogen) atoms. The van der Waals surface area contributed by atoms with E-state index in [9.17, 15) is 10.1 Å². The summed E-state index contributed by atoms with van der Waals surface area (Å²) in [5.74, 6) is 1.07. The van der Waals surface area contributed by atoms with Gasteiger partial charge in [0.1, 0.15) is 28.9 Å². The van der Waals surface area contributed by atoms with Crippen molar-refractivity contribution in [2.75, 3.05) is 11.9 Å². The van der Waals surface area contributed by atoms with Crippen LogP contribution < -0.4 is 10.1 Å². The van der Waals surface area contributed by atoms with Crippen molar-refractivity contribution in [1.82, 2.24) is 0 Å². The Morgan fingerprint density at radius 1 is 1.14 bits per heavy atom. The molecular weight excluding hydrogens is 411 g/mol. The molecule has 1 aromatic heterocycles. The van der Waals surface area contributed by atoms with Gasteiger partial charge in [0.25, 0.3) is 5.91 Å². The molecule has 2 aromatic carbocycles. The third-order valence-corrected chi connectivity index (χ3v) is 4.64. The smallest absolute Gasteiger partial charge is 0.266 e. The van der Waals surface area contributed by atoms with E-state index in [0.29, 0.717) is 39.6 Å². The number of furan rings is 1. The average molecular weight is 427 g/mol.